The van der Waals surface area contributed by atoms with E-state index in [1.165, 1.54) is 68.9 Å². The number of aryl methyl sites for hydroxylation is 1. The van der Waals surface area contributed by atoms with Crippen LogP contribution < -0.4 is 20.7 Å². The average molecular weight is 647 g/mol. The Hall–Kier alpha value is -3.61. The van der Waals surface area contributed by atoms with Crippen molar-refractivity contribution in [2.75, 3.05) is 19.7 Å². The van der Waals surface area contributed by atoms with Crippen molar-refractivity contribution >= 4 is 16.8 Å². The minimum atomic E-state index is -0.100. The van der Waals surface area contributed by atoms with Gasteiger partial charge in [0.15, 0.2) is 0 Å². The second kappa shape index (κ2) is 16.2. The number of aromatic nitrogens is 1. The minimum Gasteiger partial charge on any atom is -0.494 e. The summed E-state index contributed by atoms with van der Waals surface area (Å²) >= 11 is 0. The fourth-order valence-corrected chi connectivity index (χ4v) is 8.49. The van der Waals surface area contributed by atoms with Crippen molar-refractivity contribution < 1.29 is 9.53 Å². The lowest BCUT2D eigenvalue weighted by atomic mass is 9.83. The van der Waals surface area contributed by atoms with Crippen molar-refractivity contribution in [2.45, 2.75) is 114 Å². The van der Waals surface area contributed by atoms with Gasteiger partial charge in [-0.05, 0) is 93.8 Å². The first kappa shape index (κ1) is 32.9. The molecule has 2 aliphatic heterocycles. The normalized spacial score (nSPS) is 21.2. The SMILES string of the molecule is O=C(NC1CCCCCCC1)c1c(C(c2ccccc2)c2ccc(OCCC3CCCN3)cc2)c2ccccc2n1CCC1CCCN1. The summed E-state index contributed by atoms with van der Waals surface area (Å²) in [5.74, 6) is 0.877. The summed E-state index contributed by atoms with van der Waals surface area (Å²) in [4.78, 5) is 14.8. The quantitative estimate of drug-likeness (QED) is 0.145. The summed E-state index contributed by atoms with van der Waals surface area (Å²) in [6.07, 6.45) is 15.3. The van der Waals surface area contributed by atoms with Crippen molar-refractivity contribution in [3.8, 4) is 5.75 Å². The molecular formula is C42H54N4O2. The molecule has 6 heteroatoms. The van der Waals surface area contributed by atoms with Crippen molar-refractivity contribution in [3.63, 3.8) is 0 Å². The maximum atomic E-state index is 14.8. The van der Waals surface area contributed by atoms with E-state index in [4.69, 9.17) is 4.74 Å². The Morgan fingerprint density at radius 3 is 2.08 bits per heavy atom. The maximum absolute atomic E-state index is 14.8. The van der Waals surface area contributed by atoms with Crippen LogP contribution >= 0.6 is 0 Å². The third-order valence-electron chi connectivity index (χ3n) is 11.1. The van der Waals surface area contributed by atoms with Crippen LogP contribution in [-0.2, 0) is 6.54 Å². The van der Waals surface area contributed by atoms with Crippen molar-refractivity contribution in [2.24, 2.45) is 0 Å². The first-order chi connectivity index (χ1) is 23.7. The molecule has 254 valence electrons. The highest BCUT2D eigenvalue weighted by Crippen LogP contribution is 2.41. The molecule has 1 amide bonds. The molecule has 7 rings (SSSR count). The summed E-state index contributed by atoms with van der Waals surface area (Å²) in [6.45, 7) is 3.74. The lowest BCUT2D eigenvalue weighted by molar-refractivity contribution is 0.0920. The number of fused-ring (bicyclic) bond motifs is 1. The fraction of sp³-hybridized carbons (Fsp3) is 0.500. The van der Waals surface area contributed by atoms with Gasteiger partial charge in [0.25, 0.3) is 5.91 Å². The molecule has 48 heavy (non-hydrogen) atoms. The average Bonchev–Trinajstić information content (AvgIpc) is 3.88. The molecule has 3 unspecified atom stereocenters. The largest absolute Gasteiger partial charge is 0.494 e. The second-order valence-electron chi connectivity index (χ2n) is 14.4. The van der Waals surface area contributed by atoms with E-state index in [0.717, 1.165) is 73.2 Å². The number of hydrogen-bond acceptors (Lipinski definition) is 4. The Balaban J connectivity index is 1.28. The van der Waals surface area contributed by atoms with Gasteiger partial charge >= 0.3 is 0 Å². The standard InChI is InChI=1S/C42H54N4O2/c47-42(45-35-15-7-2-1-3-8-16-35)41-40(37-19-9-10-20-38(37)46(41)29-25-33-17-11-27-43-33)39(31-13-5-4-6-14-31)32-21-23-36(24-22-32)48-30-26-34-18-12-28-44-34/h4-6,9-10,13-14,19-24,33-35,39,43-44H,1-3,7-8,11-12,15-18,25-30H2,(H,45,47). The Morgan fingerprint density at radius 2 is 1.38 bits per heavy atom. The van der Waals surface area contributed by atoms with Crippen LogP contribution in [0.4, 0.5) is 0 Å². The molecule has 3 aliphatic rings. The van der Waals surface area contributed by atoms with E-state index in [9.17, 15) is 4.79 Å². The highest BCUT2D eigenvalue weighted by Gasteiger charge is 2.31. The van der Waals surface area contributed by atoms with Crippen LogP contribution in [0.5, 0.6) is 5.75 Å². The van der Waals surface area contributed by atoms with E-state index in [0.29, 0.717) is 18.7 Å². The van der Waals surface area contributed by atoms with Gasteiger partial charge in [0.2, 0.25) is 0 Å². The van der Waals surface area contributed by atoms with Gasteiger partial charge in [0, 0.05) is 47.1 Å². The van der Waals surface area contributed by atoms with Gasteiger partial charge in [-0.15, -0.1) is 0 Å². The molecule has 3 heterocycles. The smallest absolute Gasteiger partial charge is 0.268 e. The van der Waals surface area contributed by atoms with Gasteiger partial charge in [-0.2, -0.15) is 0 Å². The number of rotatable bonds is 12. The van der Waals surface area contributed by atoms with E-state index < -0.39 is 0 Å². The van der Waals surface area contributed by atoms with Gasteiger partial charge in [0.1, 0.15) is 11.4 Å². The molecule has 0 bridgehead atoms. The third kappa shape index (κ3) is 7.82. The molecule has 1 aliphatic carbocycles. The summed E-state index contributed by atoms with van der Waals surface area (Å²) in [5, 5.41) is 12.0. The number of amides is 1. The van der Waals surface area contributed by atoms with E-state index >= 15 is 0 Å². The molecule has 3 atom stereocenters. The number of ether oxygens (including phenoxy) is 1. The fourth-order valence-electron chi connectivity index (χ4n) is 8.49. The minimum absolute atomic E-state index is 0.0764. The molecule has 3 fully saturated rings. The molecule has 6 nitrogen and oxygen atoms in total. The predicted octanol–water partition coefficient (Wildman–Crippen LogP) is 8.33. The van der Waals surface area contributed by atoms with Crippen LogP contribution in [0.2, 0.25) is 0 Å². The molecule has 0 radical (unpaired) electrons. The van der Waals surface area contributed by atoms with Gasteiger partial charge in [-0.1, -0.05) is 92.8 Å². The topological polar surface area (TPSA) is 67.3 Å². The number of benzene rings is 3. The number of hydrogen-bond donors (Lipinski definition) is 3. The molecule has 1 aromatic heterocycles. The van der Waals surface area contributed by atoms with Gasteiger partial charge in [0.05, 0.1) is 6.61 Å². The van der Waals surface area contributed by atoms with Crippen molar-refractivity contribution in [1.82, 2.24) is 20.5 Å². The Kier molecular flexibility index (Phi) is 11.1. The zero-order valence-corrected chi connectivity index (χ0v) is 28.6. The lowest BCUT2D eigenvalue weighted by Crippen LogP contribution is -2.37. The first-order valence-corrected chi connectivity index (χ1v) is 18.9. The Labute approximate surface area is 287 Å². The predicted molar refractivity (Wildman–Crippen MR) is 196 cm³/mol. The van der Waals surface area contributed by atoms with Crippen LogP contribution in [0.1, 0.15) is 117 Å². The van der Waals surface area contributed by atoms with E-state index in [-0.39, 0.29) is 17.9 Å². The molecule has 4 aromatic rings. The molecule has 0 spiro atoms. The summed E-state index contributed by atoms with van der Waals surface area (Å²) < 4.78 is 8.58. The summed E-state index contributed by atoms with van der Waals surface area (Å²) in [7, 11) is 0. The lowest BCUT2D eigenvalue weighted by Gasteiger charge is -2.24. The van der Waals surface area contributed by atoms with Crippen LogP contribution in [0.25, 0.3) is 10.9 Å². The Bertz CT molecular complexity index is 1590. The first-order valence-electron chi connectivity index (χ1n) is 18.9. The molecular weight excluding hydrogens is 592 g/mol. The second-order valence-corrected chi connectivity index (χ2v) is 14.4. The molecule has 3 N–H and O–H groups in total. The summed E-state index contributed by atoms with van der Waals surface area (Å²) in [6, 6.07) is 29.4. The van der Waals surface area contributed by atoms with E-state index in [1.807, 2.05) is 0 Å². The monoisotopic (exact) mass is 646 g/mol. The Morgan fingerprint density at radius 1 is 0.729 bits per heavy atom. The van der Waals surface area contributed by atoms with Crippen LogP contribution in [0, 0.1) is 0 Å². The van der Waals surface area contributed by atoms with Crippen LogP contribution in [0.15, 0.2) is 78.9 Å². The molecule has 1 saturated carbocycles. The third-order valence-corrected chi connectivity index (χ3v) is 11.1. The van der Waals surface area contributed by atoms with Gasteiger partial charge in [-0.3, -0.25) is 4.79 Å². The zero-order chi connectivity index (χ0) is 32.5. The van der Waals surface area contributed by atoms with Crippen LogP contribution in [-0.4, -0.2) is 48.3 Å². The summed E-state index contributed by atoms with van der Waals surface area (Å²) in [5.41, 5.74) is 5.45. The maximum Gasteiger partial charge on any atom is 0.268 e. The zero-order valence-electron chi connectivity index (χ0n) is 28.6. The number of para-hydroxylation sites is 1. The van der Waals surface area contributed by atoms with Crippen LogP contribution in [0.3, 0.4) is 0 Å². The van der Waals surface area contributed by atoms with E-state index in [1.54, 1.807) is 0 Å². The highest BCUT2D eigenvalue weighted by molar-refractivity contribution is 6.03. The molecule has 2 saturated heterocycles. The number of nitrogens with zero attached hydrogens (tertiary/aromatic N) is 1. The van der Waals surface area contributed by atoms with Crippen molar-refractivity contribution in [1.29, 1.82) is 0 Å². The molecule has 3 aromatic carbocycles. The number of carbonyl (C=O) groups excluding carboxylic acids is 1. The van der Waals surface area contributed by atoms with E-state index in [2.05, 4.69) is 99.4 Å². The number of carbonyl (C=O) groups is 1. The highest BCUT2D eigenvalue weighted by atomic mass is 16.5. The van der Waals surface area contributed by atoms with Crippen molar-refractivity contribution in [3.05, 3.63) is 101 Å². The van der Waals surface area contributed by atoms with Gasteiger partial charge in [-0.25, -0.2) is 0 Å². The van der Waals surface area contributed by atoms with Gasteiger partial charge < -0.3 is 25.3 Å². The number of nitrogens with one attached hydrogen (secondary N) is 3.